The number of carbonyl (C=O) groups is 1. The molecule has 0 aromatic carbocycles. The highest BCUT2D eigenvalue weighted by Gasteiger charge is 2.15. The lowest BCUT2D eigenvalue weighted by atomic mass is 10.5. The summed E-state index contributed by atoms with van der Waals surface area (Å²) in [7, 11) is 0. The predicted octanol–water partition coefficient (Wildman–Crippen LogP) is 1.03. The van der Waals surface area contributed by atoms with E-state index >= 15 is 0 Å². The minimum Gasteiger partial charge on any atom is -0.400 e. The molecule has 1 aromatic rings. The second kappa shape index (κ2) is 3.93. The van der Waals surface area contributed by atoms with E-state index in [0.717, 1.165) is 5.01 Å². The molecule has 0 spiro atoms. The van der Waals surface area contributed by atoms with Gasteiger partial charge in [-0.15, -0.1) is 0 Å². The van der Waals surface area contributed by atoms with Crippen LogP contribution in [0.4, 0.5) is 10.7 Å². The average Bonchev–Trinajstić information content (AvgIpc) is 2.83. The maximum Gasteiger partial charge on any atom is 0.433 e. The van der Waals surface area contributed by atoms with Gasteiger partial charge in [0.25, 0.3) is 0 Å². The second-order valence-electron chi connectivity index (χ2n) is 2.85. The van der Waals surface area contributed by atoms with Crippen molar-refractivity contribution in [3.05, 3.63) is 28.0 Å². The first-order chi connectivity index (χ1) is 7.66. The highest BCUT2D eigenvalue weighted by atomic mass is 16.6. The maximum absolute atomic E-state index is 11.0. The van der Waals surface area contributed by atoms with E-state index < -0.39 is 11.0 Å². The van der Waals surface area contributed by atoms with Crippen molar-refractivity contribution in [1.29, 1.82) is 0 Å². The zero-order valence-corrected chi connectivity index (χ0v) is 7.94. The Morgan fingerprint density at radius 1 is 1.62 bits per heavy atom. The van der Waals surface area contributed by atoms with E-state index in [2.05, 4.69) is 10.1 Å². The van der Waals surface area contributed by atoms with Gasteiger partial charge in [-0.3, -0.25) is 10.1 Å². The van der Waals surface area contributed by atoms with Crippen molar-refractivity contribution < 1.29 is 14.1 Å². The number of hydrogen-bond donors (Lipinski definition) is 0. The minimum absolute atomic E-state index is 0.200. The van der Waals surface area contributed by atoms with Gasteiger partial charge in [0.1, 0.15) is 4.92 Å². The van der Waals surface area contributed by atoms with Crippen molar-refractivity contribution in [3.8, 4) is 0 Å². The van der Waals surface area contributed by atoms with E-state index in [1.54, 1.807) is 0 Å². The molecular formula is C8H6N4O4. The third kappa shape index (κ3) is 1.95. The molecule has 2 rings (SSSR count). The van der Waals surface area contributed by atoms with Gasteiger partial charge >= 0.3 is 11.9 Å². The first-order valence-electron chi connectivity index (χ1n) is 4.29. The lowest BCUT2D eigenvalue weighted by Gasteiger charge is -2.03. The fourth-order valence-corrected chi connectivity index (χ4v) is 1.07. The van der Waals surface area contributed by atoms with E-state index in [0.29, 0.717) is 0 Å². The van der Waals surface area contributed by atoms with Gasteiger partial charge in [0.2, 0.25) is 0 Å². The summed E-state index contributed by atoms with van der Waals surface area (Å²) in [5.41, 5.74) is 0. The van der Waals surface area contributed by atoms with Crippen molar-refractivity contribution in [1.82, 2.24) is 5.01 Å². The molecular weight excluding hydrogens is 216 g/mol. The van der Waals surface area contributed by atoms with Crippen LogP contribution in [0.3, 0.4) is 0 Å². The lowest BCUT2D eigenvalue weighted by Crippen LogP contribution is -2.18. The van der Waals surface area contributed by atoms with Crippen LogP contribution < -0.4 is 0 Å². The summed E-state index contributed by atoms with van der Waals surface area (Å²) in [5.74, 6) is -0.170. The van der Waals surface area contributed by atoms with Crippen LogP contribution in [-0.2, 0) is 0 Å². The van der Waals surface area contributed by atoms with E-state index in [-0.39, 0.29) is 18.2 Å². The summed E-state index contributed by atoms with van der Waals surface area (Å²) in [6.45, 7) is 0.290. The van der Waals surface area contributed by atoms with Crippen molar-refractivity contribution >= 4 is 24.3 Å². The van der Waals surface area contributed by atoms with Crippen LogP contribution in [0.25, 0.3) is 0 Å². The Bertz CT molecular complexity index is 490. The zero-order valence-electron chi connectivity index (χ0n) is 7.94. The first kappa shape index (κ1) is 10.0. The van der Waals surface area contributed by atoms with Crippen molar-refractivity contribution in [2.24, 2.45) is 10.1 Å². The van der Waals surface area contributed by atoms with Crippen LogP contribution in [-0.4, -0.2) is 34.9 Å². The van der Waals surface area contributed by atoms with Gasteiger partial charge < -0.3 is 4.42 Å². The van der Waals surface area contributed by atoms with Crippen molar-refractivity contribution in [2.45, 2.75) is 0 Å². The van der Waals surface area contributed by atoms with Crippen molar-refractivity contribution in [3.63, 3.8) is 0 Å². The molecule has 0 N–H and O–H groups in total. The van der Waals surface area contributed by atoms with Gasteiger partial charge in [-0.1, -0.05) is 0 Å². The standard InChI is InChI=1S/C8H6N4O4/c13-8-9-3-4-11(8)10-5-6-1-2-7(16-6)12(14)15/h1-3,5H,4H2. The van der Waals surface area contributed by atoms with Crippen LogP contribution in [0.1, 0.15) is 5.76 Å². The molecule has 1 aliphatic rings. The number of furan rings is 1. The normalized spacial score (nSPS) is 15.2. The van der Waals surface area contributed by atoms with Crippen LogP contribution in [0, 0.1) is 10.1 Å². The summed E-state index contributed by atoms with van der Waals surface area (Å²) in [6, 6.07) is 2.13. The number of nitrogens with zero attached hydrogens (tertiary/aromatic N) is 4. The fourth-order valence-electron chi connectivity index (χ4n) is 1.07. The number of hydrazone groups is 1. The van der Waals surface area contributed by atoms with Gasteiger partial charge in [-0.2, -0.15) is 5.10 Å². The third-order valence-corrected chi connectivity index (χ3v) is 1.79. The number of amides is 2. The number of rotatable bonds is 3. The summed E-state index contributed by atoms with van der Waals surface area (Å²) in [5, 5.41) is 15.2. The Morgan fingerprint density at radius 2 is 2.44 bits per heavy atom. The van der Waals surface area contributed by atoms with E-state index in [9.17, 15) is 14.9 Å². The molecule has 2 heterocycles. The topological polar surface area (TPSA) is 101 Å². The number of nitro groups is 1. The Balaban J connectivity index is 2.06. The van der Waals surface area contributed by atoms with Gasteiger partial charge in [-0.05, 0) is 6.07 Å². The van der Waals surface area contributed by atoms with Gasteiger partial charge in [-0.25, -0.2) is 14.8 Å². The average molecular weight is 222 g/mol. The molecule has 0 radical (unpaired) electrons. The number of hydrogen-bond acceptors (Lipinski definition) is 5. The fraction of sp³-hybridized carbons (Fsp3) is 0.125. The van der Waals surface area contributed by atoms with E-state index in [4.69, 9.17) is 4.42 Å². The van der Waals surface area contributed by atoms with E-state index in [1.807, 2.05) is 0 Å². The number of carbonyl (C=O) groups excluding carboxylic acids is 1. The highest BCUT2D eigenvalue weighted by molar-refractivity contribution is 5.91. The Morgan fingerprint density at radius 3 is 3.00 bits per heavy atom. The Labute approximate surface area is 89.0 Å². The summed E-state index contributed by atoms with van der Waals surface area (Å²) in [6.07, 6.45) is 2.64. The monoisotopic (exact) mass is 222 g/mol. The van der Waals surface area contributed by atoms with Gasteiger partial charge in [0, 0.05) is 6.21 Å². The molecule has 82 valence electrons. The minimum atomic E-state index is -0.651. The molecule has 0 aliphatic carbocycles. The largest absolute Gasteiger partial charge is 0.433 e. The first-order valence-corrected chi connectivity index (χ1v) is 4.29. The van der Waals surface area contributed by atoms with Crippen LogP contribution in [0.5, 0.6) is 0 Å². The van der Waals surface area contributed by atoms with Crippen LogP contribution in [0.2, 0.25) is 0 Å². The molecule has 0 saturated heterocycles. The Hall–Kier alpha value is -2.51. The summed E-state index contributed by atoms with van der Waals surface area (Å²) < 4.78 is 4.81. The highest BCUT2D eigenvalue weighted by Crippen LogP contribution is 2.14. The SMILES string of the molecule is O=C1N=CCN1N=Cc1ccc([N+](=O)[O-])o1. The predicted molar refractivity (Wildman–Crippen MR) is 53.6 cm³/mol. The summed E-state index contributed by atoms with van der Waals surface area (Å²) in [4.78, 5) is 24.1. The molecule has 0 fully saturated rings. The second-order valence-corrected chi connectivity index (χ2v) is 2.85. The van der Waals surface area contributed by atoms with Crippen LogP contribution in [0.15, 0.2) is 26.6 Å². The molecule has 2 amide bonds. The molecule has 8 heteroatoms. The molecule has 8 nitrogen and oxygen atoms in total. The molecule has 1 aromatic heterocycles. The lowest BCUT2D eigenvalue weighted by molar-refractivity contribution is -0.402. The quantitative estimate of drug-likeness (QED) is 0.432. The molecule has 0 bridgehead atoms. The molecule has 1 aliphatic heterocycles. The van der Waals surface area contributed by atoms with Crippen LogP contribution >= 0.6 is 0 Å². The van der Waals surface area contributed by atoms with E-state index in [1.165, 1.54) is 24.6 Å². The zero-order chi connectivity index (χ0) is 11.5. The van der Waals surface area contributed by atoms with Gasteiger partial charge in [0.05, 0.1) is 18.8 Å². The van der Waals surface area contributed by atoms with Gasteiger partial charge in [0.15, 0.2) is 5.76 Å². The number of aliphatic imine (C=N–C) groups is 1. The number of urea groups is 1. The summed E-state index contributed by atoms with van der Waals surface area (Å²) >= 11 is 0. The van der Waals surface area contributed by atoms with Crippen molar-refractivity contribution in [2.75, 3.05) is 6.54 Å². The Kier molecular flexibility index (Phi) is 2.46. The smallest absolute Gasteiger partial charge is 0.400 e. The third-order valence-electron chi connectivity index (χ3n) is 1.79. The molecule has 16 heavy (non-hydrogen) atoms. The molecule has 0 unspecified atom stereocenters. The molecule has 0 atom stereocenters. The molecule has 0 saturated carbocycles. The maximum atomic E-state index is 11.0.